The van der Waals surface area contributed by atoms with Crippen LogP contribution in [-0.4, -0.2) is 50.2 Å². The van der Waals surface area contributed by atoms with Crippen molar-refractivity contribution < 1.29 is 17.9 Å². The van der Waals surface area contributed by atoms with Gasteiger partial charge in [-0.2, -0.15) is 13.2 Å². The highest BCUT2D eigenvalue weighted by Crippen LogP contribution is 2.32. The van der Waals surface area contributed by atoms with Crippen LogP contribution in [0.3, 0.4) is 0 Å². The van der Waals surface area contributed by atoms with Crippen LogP contribution in [0.4, 0.5) is 18.3 Å². The molecule has 0 bridgehead atoms. The summed E-state index contributed by atoms with van der Waals surface area (Å²) >= 11 is 7.34. The number of nitrogens with one attached hydrogen (secondary N) is 2. The zero-order valence-electron chi connectivity index (χ0n) is 15.5. The molecule has 12 heteroatoms. The summed E-state index contributed by atoms with van der Waals surface area (Å²) in [7, 11) is 5.47. The maximum Gasteiger partial charge on any atom is 0.417 e. The Morgan fingerprint density at radius 1 is 1.36 bits per heavy atom. The first-order valence-corrected chi connectivity index (χ1v) is 9.38. The van der Waals surface area contributed by atoms with Gasteiger partial charge in [0.1, 0.15) is 11.6 Å². The van der Waals surface area contributed by atoms with E-state index in [2.05, 4.69) is 25.6 Å². The lowest BCUT2D eigenvalue weighted by Crippen LogP contribution is -2.39. The summed E-state index contributed by atoms with van der Waals surface area (Å²) < 4.78 is 43.1. The Morgan fingerprint density at radius 2 is 2.11 bits per heavy atom. The predicted molar refractivity (Wildman–Crippen MR) is 104 cm³/mol. The number of rotatable bonds is 7. The fourth-order valence-corrected chi connectivity index (χ4v) is 2.96. The maximum absolute atomic E-state index is 12.6. The molecule has 0 spiro atoms. The third kappa shape index (κ3) is 6.41. The van der Waals surface area contributed by atoms with E-state index in [9.17, 15) is 13.2 Å². The minimum atomic E-state index is -4.50. The number of hydrogen-bond donors (Lipinski definition) is 2. The van der Waals surface area contributed by atoms with Crippen LogP contribution in [0, 0.1) is 0 Å². The third-order valence-corrected chi connectivity index (χ3v) is 4.68. The first-order chi connectivity index (χ1) is 13.2. The van der Waals surface area contributed by atoms with E-state index in [0.717, 1.165) is 16.9 Å². The molecular weight excluding hydrogens is 417 g/mol. The van der Waals surface area contributed by atoms with E-state index in [1.165, 1.54) is 0 Å². The average molecular weight is 437 g/mol. The van der Waals surface area contributed by atoms with Crippen molar-refractivity contribution in [3.05, 3.63) is 33.9 Å². The van der Waals surface area contributed by atoms with Gasteiger partial charge in [-0.3, -0.25) is 4.99 Å². The predicted octanol–water partition coefficient (Wildman–Crippen LogP) is 3.02. The van der Waals surface area contributed by atoms with Gasteiger partial charge in [0.15, 0.2) is 11.1 Å². The smallest absolute Gasteiger partial charge is 0.417 e. The highest BCUT2D eigenvalue weighted by molar-refractivity contribution is 7.13. The number of ether oxygens (including phenoxy) is 1. The molecule has 0 aromatic carbocycles. The minimum absolute atomic E-state index is 0.0573. The van der Waals surface area contributed by atoms with Gasteiger partial charge in [-0.15, -0.1) is 11.3 Å². The van der Waals surface area contributed by atoms with E-state index in [1.54, 1.807) is 18.4 Å². The summed E-state index contributed by atoms with van der Waals surface area (Å²) in [6, 6.07) is 0.785. The number of hydrogen-bond acceptors (Lipinski definition) is 6. The van der Waals surface area contributed by atoms with E-state index in [0.29, 0.717) is 25.2 Å². The van der Waals surface area contributed by atoms with Crippen LogP contribution in [-0.2, 0) is 12.7 Å². The molecule has 0 aliphatic rings. The Labute approximate surface area is 169 Å². The molecule has 28 heavy (non-hydrogen) atoms. The SMILES string of the molecule is CN=C(NCCOc1ncc(C(F)(F)F)cc1Cl)NCc1csc(N(C)C)n1. The van der Waals surface area contributed by atoms with Gasteiger partial charge in [0.2, 0.25) is 5.88 Å². The van der Waals surface area contributed by atoms with Gasteiger partial charge in [0, 0.05) is 32.7 Å². The Balaban J connectivity index is 1.77. The summed E-state index contributed by atoms with van der Waals surface area (Å²) in [6.07, 6.45) is -3.82. The first kappa shape index (κ1) is 22.0. The Kier molecular flexibility index (Phi) is 7.69. The summed E-state index contributed by atoms with van der Waals surface area (Å²) in [5, 5.41) is 8.81. The monoisotopic (exact) mass is 436 g/mol. The molecule has 154 valence electrons. The number of guanidine groups is 1. The van der Waals surface area contributed by atoms with Crippen LogP contribution in [0.1, 0.15) is 11.3 Å². The quantitative estimate of drug-likeness (QED) is 0.395. The van der Waals surface area contributed by atoms with E-state index in [4.69, 9.17) is 16.3 Å². The van der Waals surface area contributed by atoms with Crippen molar-refractivity contribution in [2.45, 2.75) is 12.7 Å². The van der Waals surface area contributed by atoms with Crippen molar-refractivity contribution in [3.8, 4) is 5.88 Å². The van der Waals surface area contributed by atoms with Crippen molar-refractivity contribution in [3.63, 3.8) is 0 Å². The van der Waals surface area contributed by atoms with Crippen molar-refractivity contribution in [2.24, 2.45) is 4.99 Å². The van der Waals surface area contributed by atoms with Crippen LogP contribution in [0.15, 0.2) is 22.6 Å². The highest BCUT2D eigenvalue weighted by atomic mass is 35.5. The number of pyridine rings is 1. The van der Waals surface area contributed by atoms with Crippen LogP contribution < -0.4 is 20.3 Å². The van der Waals surface area contributed by atoms with Gasteiger partial charge in [-0.1, -0.05) is 11.6 Å². The van der Waals surface area contributed by atoms with E-state index < -0.39 is 11.7 Å². The molecule has 0 atom stereocenters. The van der Waals surface area contributed by atoms with E-state index in [-0.39, 0.29) is 17.5 Å². The lowest BCUT2D eigenvalue weighted by Gasteiger charge is -2.13. The largest absolute Gasteiger partial charge is 0.475 e. The molecule has 0 fully saturated rings. The Hall–Kier alpha value is -2.27. The topological polar surface area (TPSA) is 74.7 Å². The number of halogens is 4. The molecule has 2 rings (SSSR count). The molecule has 2 aromatic heterocycles. The lowest BCUT2D eigenvalue weighted by atomic mass is 10.3. The van der Waals surface area contributed by atoms with Crippen LogP contribution in [0.5, 0.6) is 5.88 Å². The molecule has 0 unspecified atom stereocenters. The molecular formula is C16H20ClF3N6OS. The van der Waals surface area contributed by atoms with Gasteiger partial charge in [0.05, 0.1) is 24.3 Å². The molecule has 7 nitrogen and oxygen atoms in total. The number of aliphatic imine (C=N–C) groups is 1. The second kappa shape index (κ2) is 9.78. The molecule has 0 aliphatic carbocycles. The number of thiazole rings is 1. The van der Waals surface area contributed by atoms with Gasteiger partial charge in [-0.25, -0.2) is 9.97 Å². The van der Waals surface area contributed by atoms with Crippen molar-refractivity contribution in [1.29, 1.82) is 0 Å². The van der Waals surface area contributed by atoms with Gasteiger partial charge >= 0.3 is 6.18 Å². The van der Waals surface area contributed by atoms with Crippen LogP contribution in [0.2, 0.25) is 5.02 Å². The van der Waals surface area contributed by atoms with Gasteiger partial charge in [-0.05, 0) is 6.07 Å². The second-order valence-electron chi connectivity index (χ2n) is 5.73. The number of aromatic nitrogens is 2. The molecule has 2 heterocycles. The summed E-state index contributed by atoms with van der Waals surface area (Å²) in [4.78, 5) is 14.1. The summed E-state index contributed by atoms with van der Waals surface area (Å²) in [5.41, 5.74) is -0.0410. The molecule has 0 radical (unpaired) electrons. The molecule has 2 N–H and O–H groups in total. The molecule has 0 amide bonds. The number of alkyl halides is 3. The Morgan fingerprint density at radius 3 is 2.68 bits per heavy atom. The Bertz CT molecular complexity index is 812. The standard InChI is InChI=1S/C16H20ClF3N6OS/c1-21-14(24-8-11-9-28-15(25-11)26(2)3)22-4-5-27-13-12(17)6-10(7-23-13)16(18,19)20/h6-7,9H,4-5,8H2,1-3H3,(H2,21,22,24). The zero-order valence-corrected chi connectivity index (χ0v) is 17.0. The number of nitrogens with zero attached hydrogens (tertiary/aromatic N) is 4. The molecule has 0 saturated heterocycles. The minimum Gasteiger partial charge on any atom is -0.475 e. The van der Waals surface area contributed by atoms with Crippen molar-refractivity contribution in [1.82, 2.24) is 20.6 Å². The van der Waals surface area contributed by atoms with Crippen molar-refractivity contribution in [2.75, 3.05) is 39.2 Å². The fraction of sp³-hybridized carbons (Fsp3) is 0.438. The van der Waals surface area contributed by atoms with Crippen LogP contribution >= 0.6 is 22.9 Å². The van der Waals surface area contributed by atoms with Crippen LogP contribution in [0.25, 0.3) is 0 Å². The molecule has 0 aliphatic heterocycles. The third-order valence-electron chi connectivity index (χ3n) is 3.35. The zero-order chi connectivity index (χ0) is 20.7. The number of anilines is 1. The van der Waals surface area contributed by atoms with Gasteiger partial charge < -0.3 is 20.3 Å². The van der Waals surface area contributed by atoms with Gasteiger partial charge in [0.25, 0.3) is 0 Å². The van der Waals surface area contributed by atoms with E-state index >= 15 is 0 Å². The first-order valence-electron chi connectivity index (χ1n) is 8.12. The highest BCUT2D eigenvalue weighted by Gasteiger charge is 2.31. The van der Waals surface area contributed by atoms with Crippen molar-refractivity contribution >= 4 is 34.0 Å². The van der Waals surface area contributed by atoms with E-state index in [1.807, 2.05) is 24.4 Å². The fourth-order valence-electron chi connectivity index (χ4n) is 1.98. The summed E-state index contributed by atoms with van der Waals surface area (Å²) in [5.74, 6) is 0.479. The normalized spacial score (nSPS) is 12.0. The molecule has 0 saturated carbocycles. The average Bonchev–Trinajstić information content (AvgIpc) is 3.10. The summed E-state index contributed by atoms with van der Waals surface area (Å²) in [6.45, 7) is 0.982. The lowest BCUT2D eigenvalue weighted by molar-refractivity contribution is -0.137. The molecule has 2 aromatic rings. The maximum atomic E-state index is 12.6. The second-order valence-corrected chi connectivity index (χ2v) is 6.97.